The van der Waals surface area contributed by atoms with Crippen LogP contribution in [0.25, 0.3) is 0 Å². The van der Waals surface area contributed by atoms with Gasteiger partial charge in [-0.2, -0.15) is 0 Å². The second-order valence-electron chi connectivity index (χ2n) is 5.32. The molecule has 1 fully saturated rings. The summed E-state index contributed by atoms with van der Waals surface area (Å²) in [5.74, 6) is -0.562. The number of benzene rings is 1. The van der Waals surface area contributed by atoms with Crippen molar-refractivity contribution in [3.05, 3.63) is 35.9 Å². The van der Waals surface area contributed by atoms with Crippen LogP contribution in [-0.2, 0) is 9.53 Å². The molecule has 114 valence electrons. The maximum absolute atomic E-state index is 11.9. The molecule has 0 spiro atoms. The van der Waals surface area contributed by atoms with Crippen LogP contribution in [0.3, 0.4) is 0 Å². The molecule has 2 atom stereocenters. The SMILES string of the molecule is C[C@@H]1CN(CC(=O)NNC(=O)c2ccccc2)C[C@@H](C)O1. The molecule has 0 bridgehead atoms. The zero-order valence-electron chi connectivity index (χ0n) is 12.3. The number of ether oxygens (including phenoxy) is 1. The van der Waals surface area contributed by atoms with Gasteiger partial charge in [0.1, 0.15) is 0 Å². The van der Waals surface area contributed by atoms with Crippen LogP contribution >= 0.6 is 0 Å². The van der Waals surface area contributed by atoms with Gasteiger partial charge in [0.15, 0.2) is 0 Å². The molecule has 1 aliphatic heterocycles. The van der Waals surface area contributed by atoms with Gasteiger partial charge in [0.05, 0.1) is 18.8 Å². The van der Waals surface area contributed by atoms with Gasteiger partial charge in [0, 0.05) is 18.7 Å². The second kappa shape index (κ2) is 7.19. The van der Waals surface area contributed by atoms with E-state index in [0.29, 0.717) is 18.7 Å². The average Bonchev–Trinajstić information content (AvgIpc) is 2.44. The summed E-state index contributed by atoms with van der Waals surface area (Å²) in [5.41, 5.74) is 5.36. The summed E-state index contributed by atoms with van der Waals surface area (Å²) in [7, 11) is 0. The minimum atomic E-state index is -0.326. The molecule has 6 heteroatoms. The van der Waals surface area contributed by atoms with Gasteiger partial charge in [0.25, 0.3) is 11.8 Å². The lowest BCUT2D eigenvalue weighted by Gasteiger charge is -2.34. The van der Waals surface area contributed by atoms with Crippen molar-refractivity contribution in [3.8, 4) is 0 Å². The monoisotopic (exact) mass is 291 g/mol. The summed E-state index contributed by atoms with van der Waals surface area (Å²) in [6, 6.07) is 8.75. The second-order valence-corrected chi connectivity index (χ2v) is 5.32. The number of morpholine rings is 1. The van der Waals surface area contributed by atoms with E-state index >= 15 is 0 Å². The molecule has 0 radical (unpaired) electrons. The minimum absolute atomic E-state index is 0.112. The first-order valence-corrected chi connectivity index (χ1v) is 7.06. The first kappa shape index (κ1) is 15.5. The molecule has 0 aromatic heterocycles. The summed E-state index contributed by atoms with van der Waals surface area (Å²) in [6.07, 6.45) is 0.223. The normalized spacial score (nSPS) is 22.6. The highest BCUT2D eigenvalue weighted by Crippen LogP contribution is 2.09. The number of nitrogens with zero attached hydrogens (tertiary/aromatic N) is 1. The van der Waals surface area contributed by atoms with Crippen LogP contribution in [0.15, 0.2) is 30.3 Å². The topological polar surface area (TPSA) is 70.7 Å². The molecular formula is C15H21N3O3. The molecule has 21 heavy (non-hydrogen) atoms. The fourth-order valence-corrected chi connectivity index (χ4v) is 2.44. The Morgan fingerprint density at radius 2 is 1.76 bits per heavy atom. The van der Waals surface area contributed by atoms with Crippen LogP contribution in [0.5, 0.6) is 0 Å². The molecule has 6 nitrogen and oxygen atoms in total. The molecule has 1 heterocycles. The van der Waals surface area contributed by atoms with Crippen molar-refractivity contribution in [2.75, 3.05) is 19.6 Å². The van der Waals surface area contributed by atoms with Crippen LogP contribution in [0.2, 0.25) is 0 Å². The van der Waals surface area contributed by atoms with E-state index in [1.54, 1.807) is 24.3 Å². The van der Waals surface area contributed by atoms with E-state index in [0.717, 1.165) is 0 Å². The molecular weight excluding hydrogens is 270 g/mol. The number of hydrogen-bond acceptors (Lipinski definition) is 4. The van der Waals surface area contributed by atoms with Crippen LogP contribution < -0.4 is 10.9 Å². The Balaban J connectivity index is 1.76. The van der Waals surface area contributed by atoms with E-state index in [2.05, 4.69) is 10.9 Å². The highest BCUT2D eigenvalue weighted by atomic mass is 16.5. The van der Waals surface area contributed by atoms with Crippen molar-refractivity contribution in [2.24, 2.45) is 0 Å². The maximum atomic E-state index is 11.9. The molecule has 2 rings (SSSR count). The van der Waals surface area contributed by atoms with Gasteiger partial charge in [-0.3, -0.25) is 25.3 Å². The Labute approximate surface area is 124 Å². The zero-order chi connectivity index (χ0) is 15.2. The van der Waals surface area contributed by atoms with Crippen LogP contribution in [-0.4, -0.2) is 48.6 Å². The molecule has 1 aromatic carbocycles. The Bertz CT molecular complexity index is 482. The quantitative estimate of drug-likeness (QED) is 0.798. The predicted molar refractivity (Wildman–Crippen MR) is 78.5 cm³/mol. The number of nitrogens with one attached hydrogen (secondary N) is 2. The lowest BCUT2D eigenvalue weighted by molar-refractivity contribution is -0.126. The lowest BCUT2D eigenvalue weighted by atomic mass is 10.2. The van der Waals surface area contributed by atoms with Gasteiger partial charge in [-0.25, -0.2) is 0 Å². The molecule has 1 aliphatic rings. The van der Waals surface area contributed by atoms with Crippen molar-refractivity contribution >= 4 is 11.8 Å². The molecule has 1 aromatic rings. The fraction of sp³-hybridized carbons (Fsp3) is 0.467. The number of hydrogen-bond donors (Lipinski definition) is 2. The van der Waals surface area contributed by atoms with E-state index in [-0.39, 0.29) is 30.6 Å². The van der Waals surface area contributed by atoms with Crippen molar-refractivity contribution < 1.29 is 14.3 Å². The van der Waals surface area contributed by atoms with Gasteiger partial charge in [0.2, 0.25) is 0 Å². The third kappa shape index (κ3) is 4.84. The first-order valence-electron chi connectivity index (χ1n) is 7.06. The smallest absolute Gasteiger partial charge is 0.269 e. The van der Waals surface area contributed by atoms with Crippen molar-refractivity contribution in [1.82, 2.24) is 15.8 Å². The summed E-state index contributed by atoms with van der Waals surface area (Å²) in [6.45, 7) is 5.64. The molecule has 1 saturated heterocycles. The first-order chi connectivity index (χ1) is 10.0. The number of amides is 2. The third-order valence-electron chi connectivity index (χ3n) is 3.21. The van der Waals surface area contributed by atoms with E-state index in [4.69, 9.17) is 4.74 Å². The van der Waals surface area contributed by atoms with E-state index in [1.165, 1.54) is 0 Å². The maximum Gasteiger partial charge on any atom is 0.269 e. The van der Waals surface area contributed by atoms with Crippen LogP contribution in [0, 0.1) is 0 Å². The van der Waals surface area contributed by atoms with Gasteiger partial charge in [-0.15, -0.1) is 0 Å². The summed E-state index contributed by atoms with van der Waals surface area (Å²) in [4.78, 5) is 25.7. The van der Waals surface area contributed by atoms with E-state index in [1.807, 2.05) is 24.8 Å². The fourth-order valence-electron chi connectivity index (χ4n) is 2.44. The van der Waals surface area contributed by atoms with Crippen molar-refractivity contribution in [1.29, 1.82) is 0 Å². The van der Waals surface area contributed by atoms with Crippen molar-refractivity contribution in [2.45, 2.75) is 26.1 Å². The Kier molecular flexibility index (Phi) is 5.30. The Morgan fingerprint density at radius 3 is 2.38 bits per heavy atom. The number of hydrazine groups is 1. The van der Waals surface area contributed by atoms with Crippen LogP contribution in [0.4, 0.5) is 0 Å². The molecule has 0 unspecified atom stereocenters. The lowest BCUT2D eigenvalue weighted by Crippen LogP contribution is -2.51. The Morgan fingerprint density at radius 1 is 1.14 bits per heavy atom. The van der Waals surface area contributed by atoms with Gasteiger partial charge < -0.3 is 4.74 Å². The molecule has 2 amide bonds. The van der Waals surface area contributed by atoms with Gasteiger partial charge in [-0.1, -0.05) is 18.2 Å². The number of rotatable bonds is 3. The van der Waals surface area contributed by atoms with Crippen LogP contribution in [0.1, 0.15) is 24.2 Å². The molecule has 0 saturated carbocycles. The predicted octanol–water partition coefficient (Wildman–Crippen LogP) is 0.557. The summed E-state index contributed by atoms with van der Waals surface area (Å²) >= 11 is 0. The average molecular weight is 291 g/mol. The molecule has 2 N–H and O–H groups in total. The summed E-state index contributed by atoms with van der Waals surface area (Å²) < 4.78 is 5.61. The zero-order valence-corrected chi connectivity index (χ0v) is 12.3. The molecule has 0 aliphatic carbocycles. The third-order valence-corrected chi connectivity index (χ3v) is 3.21. The van der Waals surface area contributed by atoms with E-state index < -0.39 is 0 Å². The standard InChI is InChI=1S/C15H21N3O3/c1-11-8-18(9-12(2)21-11)10-14(19)16-17-15(20)13-6-4-3-5-7-13/h3-7,11-12H,8-10H2,1-2H3,(H,16,19)(H,17,20)/t11-,12-/m1/s1. The van der Waals surface area contributed by atoms with Gasteiger partial charge in [-0.05, 0) is 26.0 Å². The van der Waals surface area contributed by atoms with Crippen molar-refractivity contribution in [3.63, 3.8) is 0 Å². The largest absolute Gasteiger partial charge is 0.373 e. The number of carbonyl (C=O) groups excluding carboxylic acids is 2. The summed E-state index contributed by atoms with van der Waals surface area (Å²) in [5, 5.41) is 0. The van der Waals surface area contributed by atoms with E-state index in [9.17, 15) is 9.59 Å². The highest BCUT2D eigenvalue weighted by Gasteiger charge is 2.23. The highest BCUT2D eigenvalue weighted by molar-refractivity contribution is 5.95. The minimum Gasteiger partial charge on any atom is -0.373 e. The number of carbonyl (C=O) groups is 2. The Hall–Kier alpha value is -1.92. The van der Waals surface area contributed by atoms with Gasteiger partial charge >= 0.3 is 0 Å².